The first-order chi connectivity index (χ1) is 7.92. The van der Waals surface area contributed by atoms with Gasteiger partial charge in [-0.1, -0.05) is 18.2 Å². The van der Waals surface area contributed by atoms with Gasteiger partial charge in [0.05, 0.1) is 13.2 Å². The first kappa shape index (κ1) is 10.3. The molecule has 3 rings (SSSR count). The standard InChI is InChI=1S/C14H19NO/c1-2-14(15-6-1)9-11-3-4-13-10-16-7-5-12(13)8-11/h3-4,8,14-15H,1-2,5-7,9-10H2. The van der Waals surface area contributed by atoms with Crippen LogP contribution in [0.5, 0.6) is 0 Å². The first-order valence-electron chi connectivity index (χ1n) is 6.33. The Balaban J connectivity index is 1.74. The maximum Gasteiger partial charge on any atom is 0.0719 e. The summed E-state index contributed by atoms with van der Waals surface area (Å²) in [6.07, 6.45) is 4.94. The summed E-state index contributed by atoms with van der Waals surface area (Å²) >= 11 is 0. The van der Waals surface area contributed by atoms with Crippen molar-refractivity contribution in [1.29, 1.82) is 0 Å². The van der Waals surface area contributed by atoms with Gasteiger partial charge in [0.25, 0.3) is 0 Å². The minimum Gasteiger partial charge on any atom is -0.376 e. The molecule has 0 aliphatic carbocycles. The van der Waals surface area contributed by atoms with Gasteiger partial charge in [0.1, 0.15) is 0 Å². The Morgan fingerprint density at radius 1 is 1.31 bits per heavy atom. The molecule has 0 amide bonds. The van der Waals surface area contributed by atoms with Crippen LogP contribution in [0.25, 0.3) is 0 Å². The summed E-state index contributed by atoms with van der Waals surface area (Å²) in [6, 6.07) is 7.61. The molecule has 1 aromatic carbocycles. The lowest BCUT2D eigenvalue weighted by molar-refractivity contribution is 0.110. The van der Waals surface area contributed by atoms with Crippen LogP contribution in [0.2, 0.25) is 0 Å². The van der Waals surface area contributed by atoms with Crippen LogP contribution in [0.1, 0.15) is 29.5 Å². The number of hydrogen-bond acceptors (Lipinski definition) is 2. The van der Waals surface area contributed by atoms with Crippen molar-refractivity contribution >= 4 is 0 Å². The molecule has 2 nitrogen and oxygen atoms in total. The van der Waals surface area contributed by atoms with E-state index >= 15 is 0 Å². The Hall–Kier alpha value is -0.860. The Morgan fingerprint density at radius 3 is 3.19 bits per heavy atom. The van der Waals surface area contributed by atoms with E-state index in [-0.39, 0.29) is 0 Å². The zero-order valence-electron chi connectivity index (χ0n) is 9.67. The van der Waals surface area contributed by atoms with E-state index in [2.05, 4.69) is 23.5 Å². The van der Waals surface area contributed by atoms with Crippen LogP contribution in [-0.2, 0) is 24.2 Å². The van der Waals surface area contributed by atoms with Gasteiger partial charge in [-0.3, -0.25) is 0 Å². The Kier molecular flexibility index (Phi) is 2.94. The molecule has 1 N–H and O–H groups in total. The highest BCUT2D eigenvalue weighted by Gasteiger charge is 2.15. The SMILES string of the molecule is c1cc2c(cc1CC1CCCN1)CCOC2. The fourth-order valence-electron chi connectivity index (χ4n) is 2.76. The second-order valence-corrected chi connectivity index (χ2v) is 4.90. The molecule has 1 atom stereocenters. The van der Waals surface area contributed by atoms with Crippen molar-refractivity contribution in [3.8, 4) is 0 Å². The molecule has 0 radical (unpaired) electrons. The van der Waals surface area contributed by atoms with E-state index in [0.717, 1.165) is 19.6 Å². The Morgan fingerprint density at radius 2 is 2.31 bits per heavy atom. The van der Waals surface area contributed by atoms with Gasteiger partial charge in [-0.15, -0.1) is 0 Å². The molecule has 2 heterocycles. The molecule has 2 aliphatic heterocycles. The van der Waals surface area contributed by atoms with E-state index in [1.54, 1.807) is 0 Å². The summed E-state index contributed by atoms with van der Waals surface area (Å²) in [5.41, 5.74) is 4.37. The van der Waals surface area contributed by atoms with Crippen LogP contribution >= 0.6 is 0 Å². The van der Waals surface area contributed by atoms with Gasteiger partial charge in [0.2, 0.25) is 0 Å². The number of benzene rings is 1. The topological polar surface area (TPSA) is 21.3 Å². The lowest BCUT2D eigenvalue weighted by Crippen LogP contribution is -2.23. The Labute approximate surface area is 97.0 Å². The van der Waals surface area contributed by atoms with Crippen molar-refractivity contribution in [3.63, 3.8) is 0 Å². The molecule has 2 aliphatic rings. The summed E-state index contributed by atoms with van der Waals surface area (Å²) in [5, 5.41) is 3.56. The highest BCUT2D eigenvalue weighted by molar-refractivity contribution is 5.33. The number of nitrogens with one attached hydrogen (secondary N) is 1. The summed E-state index contributed by atoms with van der Waals surface area (Å²) in [6.45, 7) is 2.89. The summed E-state index contributed by atoms with van der Waals surface area (Å²) in [4.78, 5) is 0. The third-order valence-electron chi connectivity index (χ3n) is 3.69. The van der Waals surface area contributed by atoms with Crippen molar-refractivity contribution in [2.24, 2.45) is 0 Å². The zero-order chi connectivity index (χ0) is 10.8. The quantitative estimate of drug-likeness (QED) is 0.818. The van der Waals surface area contributed by atoms with Crippen LogP contribution in [0.15, 0.2) is 18.2 Å². The van der Waals surface area contributed by atoms with Gasteiger partial charge in [-0.2, -0.15) is 0 Å². The number of rotatable bonds is 2. The van der Waals surface area contributed by atoms with Gasteiger partial charge >= 0.3 is 0 Å². The molecule has 1 saturated heterocycles. The number of ether oxygens (including phenoxy) is 1. The van der Waals surface area contributed by atoms with Gasteiger partial charge in [-0.05, 0) is 48.9 Å². The first-order valence-corrected chi connectivity index (χ1v) is 6.33. The molecule has 1 fully saturated rings. The predicted octanol–water partition coefficient (Wildman–Crippen LogP) is 2.05. The molecule has 0 spiro atoms. The minimum atomic E-state index is 0.706. The van der Waals surface area contributed by atoms with Crippen molar-refractivity contribution in [3.05, 3.63) is 34.9 Å². The summed E-state index contributed by atoms with van der Waals surface area (Å²) in [7, 11) is 0. The second kappa shape index (κ2) is 4.56. The highest BCUT2D eigenvalue weighted by Crippen LogP contribution is 2.20. The predicted molar refractivity (Wildman–Crippen MR) is 64.5 cm³/mol. The van der Waals surface area contributed by atoms with E-state index in [4.69, 9.17) is 4.74 Å². The lowest BCUT2D eigenvalue weighted by Gasteiger charge is -2.18. The molecular formula is C14H19NO. The van der Waals surface area contributed by atoms with Crippen LogP contribution in [-0.4, -0.2) is 19.2 Å². The normalized spacial score (nSPS) is 24.4. The third-order valence-corrected chi connectivity index (χ3v) is 3.69. The molecule has 0 saturated carbocycles. The largest absolute Gasteiger partial charge is 0.376 e. The minimum absolute atomic E-state index is 0.706. The van der Waals surface area contributed by atoms with Crippen LogP contribution in [0.3, 0.4) is 0 Å². The molecule has 1 unspecified atom stereocenters. The molecule has 16 heavy (non-hydrogen) atoms. The van der Waals surface area contributed by atoms with E-state index in [0.29, 0.717) is 6.04 Å². The smallest absolute Gasteiger partial charge is 0.0719 e. The van der Waals surface area contributed by atoms with E-state index in [1.165, 1.54) is 42.5 Å². The van der Waals surface area contributed by atoms with Crippen molar-refractivity contribution in [1.82, 2.24) is 5.32 Å². The van der Waals surface area contributed by atoms with E-state index < -0.39 is 0 Å². The molecular weight excluding hydrogens is 198 g/mol. The van der Waals surface area contributed by atoms with Crippen molar-refractivity contribution < 1.29 is 4.74 Å². The molecule has 2 heteroatoms. The van der Waals surface area contributed by atoms with Crippen LogP contribution in [0, 0.1) is 0 Å². The van der Waals surface area contributed by atoms with Crippen molar-refractivity contribution in [2.75, 3.05) is 13.2 Å². The molecule has 1 aromatic rings. The number of fused-ring (bicyclic) bond motifs is 1. The van der Waals surface area contributed by atoms with Crippen molar-refractivity contribution in [2.45, 2.75) is 38.3 Å². The molecule has 0 aromatic heterocycles. The summed E-state index contributed by atoms with van der Waals surface area (Å²) in [5.74, 6) is 0. The number of hydrogen-bond donors (Lipinski definition) is 1. The average Bonchev–Trinajstić information content (AvgIpc) is 2.82. The molecule has 86 valence electrons. The Bertz CT molecular complexity index is 369. The molecule has 0 bridgehead atoms. The third kappa shape index (κ3) is 2.13. The average molecular weight is 217 g/mol. The van der Waals surface area contributed by atoms with E-state index in [1.807, 2.05) is 0 Å². The monoisotopic (exact) mass is 217 g/mol. The highest BCUT2D eigenvalue weighted by atomic mass is 16.5. The fraction of sp³-hybridized carbons (Fsp3) is 0.571. The maximum absolute atomic E-state index is 5.46. The lowest BCUT2D eigenvalue weighted by atomic mass is 9.97. The van der Waals surface area contributed by atoms with E-state index in [9.17, 15) is 0 Å². The summed E-state index contributed by atoms with van der Waals surface area (Å²) < 4.78 is 5.46. The van der Waals surface area contributed by atoms with Gasteiger partial charge in [0, 0.05) is 6.04 Å². The second-order valence-electron chi connectivity index (χ2n) is 4.90. The zero-order valence-corrected chi connectivity index (χ0v) is 9.67. The fourth-order valence-corrected chi connectivity index (χ4v) is 2.76. The maximum atomic E-state index is 5.46. The van der Waals surface area contributed by atoms with Gasteiger partial charge < -0.3 is 10.1 Å². The van der Waals surface area contributed by atoms with Crippen LogP contribution < -0.4 is 5.32 Å². The van der Waals surface area contributed by atoms with Gasteiger partial charge in [0.15, 0.2) is 0 Å². The van der Waals surface area contributed by atoms with Gasteiger partial charge in [-0.25, -0.2) is 0 Å². The van der Waals surface area contributed by atoms with Crippen LogP contribution in [0.4, 0.5) is 0 Å².